The molecule has 1 N–H and O–H groups in total. The van der Waals surface area contributed by atoms with Crippen LogP contribution in [0.25, 0.3) is 0 Å². The number of likely N-dealkylation sites (tertiary alicyclic amines) is 1. The Hall–Kier alpha value is -2.70. The summed E-state index contributed by atoms with van der Waals surface area (Å²) >= 11 is 0. The van der Waals surface area contributed by atoms with E-state index in [4.69, 9.17) is 9.47 Å². The summed E-state index contributed by atoms with van der Waals surface area (Å²) in [6.45, 7) is 4.67. The van der Waals surface area contributed by atoms with Crippen molar-refractivity contribution < 1.29 is 9.47 Å². The van der Waals surface area contributed by atoms with Crippen molar-refractivity contribution in [3.05, 3.63) is 42.2 Å². The lowest BCUT2D eigenvalue weighted by molar-refractivity contribution is 0.221. The zero-order valence-corrected chi connectivity index (χ0v) is 16.6. The molecule has 2 aromatic rings. The number of nitrogens with one attached hydrogen (secondary N) is 1. The first-order valence-electron chi connectivity index (χ1n) is 9.34. The number of aromatic nitrogens is 2. The minimum atomic E-state index is 0.00517. The van der Waals surface area contributed by atoms with Gasteiger partial charge >= 0.3 is 0 Å². The number of hydrogen-bond donors (Lipinski definition) is 1. The summed E-state index contributed by atoms with van der Waals surface area (Å²) in [4.78, 5) is 6.75. The number of nitrogens with zero attached hydrogens (tertiary/aromatic N) is 4. The van der Waals surface area contributed by atoms with E-state index in [-0.39, 0.29) is 6.10 Å². The lowest BCUT2D eigenvalue weighted by Crippen LogP contribution is -2.43. The fraction of sp³-hybridized carbons (Fsp3) is 0.500. The van der Waals surface area contributed by atoms with Crippen LogP contribution < -0.4 is 14.8 Å². The van der Waals surface area contributed by atoms with Crippen molar-refractivity contribution in [2.24, 2.45) is 12.0 Å². The Balaban J connectivity index is 1.50. The number of benzene rings is 1. The second kappa shape index (κ2) is 8.79. The van der Waals surface area contributed by atoms with Gasteiger partial charge in [-0.05, 0) is 31.0 Å². The lowest BCUT2D eigenvalue weighted by Gasteiger charge is -2.23. The van der Waals surface area contributed by atoms with E-state index in [0.29, 0.717) is 12.5 Å². The Morgan fingerprint density at radius 1 is 1.41 bits per heavy atom. The molecule has 1 fully saturated rings. The van der Waals surface area contributed by atoms with E-state index in [9.17, 15) is 0 Å². The Bertz CT molecular complexity index is 773. The van der Waals surface area contributed by atoms with E-state index in [1.807, 2.05) is 56.2 Å². The van der Waals surface area contributed by atoms with Gasteiger partial charge in [-0.1, -0.05) is 6.07 Å². The highest BCUT2D eigenvalue weighted by atomic mass is 16.5. The highest BCUT2D eigenvalue weighted by Gasteiger charge is 2.27. The third-order valence-electron chi connectivity index (χ3n) is 4.82. The van der Waals surface area contributed by atoms with Gasteiger partial charge in [0.15, 0.2) is 5.96 Å². The Morgan fingerprint density at radius 3 is 2.93 bits per heavy atom. The van der Waals surface area contributed by atoms with Crippen LogP contribution >= 0.6 is 0 Å². The molecule has 2 heterocycles. The molecule has 0 bridgehead atoms. The zero-order valence-electron chi connectivity index (χ0n) is 16.6. The topological polar surface area (TPSA) is 63.9 Å². The van der Waals surface area contributed by atoms with Gasteiger partial charge in [0.1, 0.15) is 17.6 Å². The average molecular weight is 371 g/mol. The van der Waals surface area contributed by atoms with Crippen molar-refractivity contribution >= 4 is 5.96 Å². The third kappa shape index (κ3) is 4.93. The molecule has 0 aliphatic carbocycles. The number of aryl methyl sites for hydroxylation is 1. The van der Waals surface area contributed by atoms with Crippen LogP contribution in [0, 0.1) is 0 Å². The first kappa shape index (κ1) is 19.1. The first-order chi connectivity index (χ1) is 13.1. The molecule has 1 aromatic heterocycles. The van der Waals surface area contributed by atoms with Gasteiger partial charge in [-0.2, -0.15) is 5.10 Å². The molecule has 0 amide bonds. The van der Waals surface area contributed by atoms with Gasteiger partial charge in [0.05, 0.1) is 19.9 Å². The number of guanidine groups is 1. The Morgan fingerprint density at radius 2 is 2.22 bits per heavy atom. The normalized spacial score (nSPS) is 18.4. The van der Waals surface area contributed by atoms with Gasteiger partial charge < -0.3 is 19.7 Å². The second-order valence-electron chi connectivity index (χ2n) is 6.91. The van der Waals surface area contributed by atoms with Gasteiger partial charge in [0.2, 0.25) is 0 Å². The van der Waals surface area contributed by atoms with Crippen LogP contribution in [0.3, 0.4) is 0 Å². The molecule has 1 aliphatic heterocycles. The van der Waals surface area contributed by atoms with Crippen molar-refractivity contribution in [2.75, 3.05) is 33.8 Å². The molecule has 0 saturated carbocycles. The smallest absolute Gasteiger partial charge is 0.193 e. The summed E-state index contributed by atoms with van der Waals surface area (Å²) < 4.78 is 13.1. The molecule has 3 rings (SSSR count). The maximum Gasteiger partial charge on any atom is 0.193 e. The second-order valence-corrected chi connectivity index (χ2v) is 6.91. The molecular weight excluding hydrogens is 342 g/mol. The number of aliphatic imine (C=N–C) groups is 1. The zero-order chi connectivity index (χ0) is 19.2. The average Bonchev–Trinajstić information content (AvgIpc) is 3.31. The van der Waals surface area contributed by atoms with Crippen LogP contribution in [-0.4, -0.2) is 60.5 Å². The molecule has 0 spiro atoms. The van der Waals surface area contributed by atoms with Gasteiger partial charge in [0, 0.05) is 45.4 Å². The van der Waals surface area contributed by atoms with E-state index in [1.54, 1.807) is 7.11 Å². The van der Waals surface area contributed by atoms with E-state index in [2.05, 4.69) is 26.5 Å². The summed E-state index contributed by atoms with van der Waals surface area (Å²) in [5.41, 5.74) is 1.30. The highest BCUT2D eigenvalue weighted by Crippen LogP contribution is 2.26. The Labute approximate surface area is 161 Å². The van der Waals surface area contributed by atoms with Gasteiger partial charge in [-0.3, -0.25) is 9.67 Å². The van der Waals surface area contributed by atoms with E-state index < -0.39 is 0 Å². The van der Waals surface area contributed by atoms with Crippen LogP contribution in [0.2, 0.25) is 0 Å². The lowest BCUT2D eigenvalue weighted by atomic mass is 10.0. The molecule has 1 saturated heterocycles. The van der Waals surface area contributed by atoms with Crippen LogP contribution in [0.15, 0.2) is 41.7 Å². The van der Waals surface area contributed by atoms with Gasteiger partial charge in [-0.25, -0.2) is 0 Å². The van der Waals surface area contributed by atoms with Crippen molar-refractivity contribution in [1.29, 1.82) is 0 Å². The maximum absolute atomic E-state index is 5.98. The minimum Gasteiger partial charge on any atom is -0.497 e. The number of hydrogen-bond acceptors (Lipinski definition) is 4. The first-order valence-corrected chi connectivity index (χ1v) is 9.34. The summed E-state index contributed by atoms with van der Waals surface area (Å²) in [6.07, 6.45) is 5.19. The van der Waals surface area contributed by atoms with Gasteiger partial charge in [-0.15, -0.1) is 0 Å². The molecule has 0 radical (unpaired) electrons. The maximum atomic E-state index is 5.98. The molecule has 2 unspecified atom stereocenters. The van der Waals surface area contributed by atoms with Crippen LogP contribution in [0.1, 0.15) is 24.8 Å². The van der Waals surface area contributed by atoms with E-state index in [1.165, 1.54) is 5.56 Å². The fourth-order valence-corrected chi connectivity index (χ4v) is 3.39. The van der Waals surface area contributed by atoms with E-state index >= 15 is 0 Å². The fourth-order valence-electron chi connectivity index (χ4n) is 3.39. The molecule has 7 nitrogen and oxygen atoms in total. The molecule has 27 heavy (non-hydrogen) atoms. The van der Waals surface area contributed by atoms with Crippen molar-refractivity contribution in [1.82, 2.24) is 20.0 Å². The van der Waals surface area contributed by atoms with E-state index in [0.717, 1.165) is 37.0 Å². The predicted octanol–water partition coefficient (Wildman–Crippen LogP) is 2.26. The minimum absolute atomic E-state index is 0.00517. The van der Waals surface area contributed by atoms with Crippen LogP contribution in [0.5, 0.6) is 11.5 Å². The quantitative estimate of drug-likeness (QED) is 0.623. The molecule has 2 atom stereocenters. The van der Waals surface area contributed by atoms with Crippen LogP contribution in [0.4, 0.5) is 0 Å². The molecule has 1 aliphatic rings. The molecular formula is C20H29N5O2. The predicted molar refractivity (Wildman–Crippen MR) is 107 cm³/mol. The summed E-state index contributed by atoms with van der Waals surface area (Å²) in [6, 6.07) is 7.66. The number of methoxy groups -OCH3 is 1. The van der Waals surface area contributed by atoms with Crippen molar-refractivity contribution in [3.8, 4) is 11.5 Å². The summed E-state index contributed by atoms with van der Waals surface area (Å²) in [7, 11) is 5.44. The number of ether oxygens (including phenoxy) is 2. The van der Waals surface area contributed by atoms with Crippen molar-refractivity contribution in [2.45, 2.75) is 25.4 Å². The highest BCUT2D eigenvalue weighted by molar-refractivity contribution is 5.80. The summed E-state index contributed by atoms with van der Waals surface area (Å²) in [5.74, 6) is 3.02. The standard InChI is InChI=1S/C20H29N5O2/c1-15(27-19-7-5-6-18(10-19)26-4)11-22-20(21-2)25-9-8-16(14-25)17-12-23-24(3)13-17/h5-7,10,12-13,15-16H,8-9,11,14H2,1-4H3,(H,21,22). The molecule has 146 valence electrons. The van der Waals surface area contributed by atoms with Gasteiger partial charge in [0.25, 0.3) is 0 Å². The Kier molecular flexibility index (Phi) is 6.21. The van der Waals surface area contributed by atoms with Crippen molar-refractivity contribution in [3.63, 3.8) is 0 Å². The molecule has 1 aromatic carbocycles. The SMILES string of the molecule is CN=C(NCC(C)Oc1cccc(OC)c1)N1CCC(c2cnn(C)c2)C1. The largest absolute Gasteiger partial charge is 0.497 e. The molecule has 7 heteroatoms. The monoisotopic (exact) mass is 371 g/mol. The number of rotatable bonds is 6. The van der Waals surface area contributed by atoms with Crippen LogP contribution in [-0.2, 0) is 7.05 Å². The third-order valence-corrected chi connectivity index (χ3v) is 4.82. The summed E-state index contributed by atoms with van der Waals surface area (Å²) in [5, 5.41) is 7.73.